The molecule has 3 aromatic carbocycles. The molecule has 0 bridgehead atoms. The van der Waals surface area contributed by atoms with Crippen molar-refractivity contribution < 1.29 is 0 Å². The number of aromatic nitrogens is 3. The second-order valence-corrected chi connectivity index (χ2v) is 6.71. The number of benzene rings is 3. The monoisotopic (exact) mass is 357 g/mol. The Balaban J connectivity index is 1.79. The van der Waals surface area contributed by atoms with Crippen molar-refractivity contribution in [1.82, 2.24) is 14.5 Å². The van der Waals surface area contributed by atoms with Crippen LogP contribution in [0, 0.1) is 0 Å². The molecule has 0 amide bonds. The fourth-order valence-electron chi connectivity index (χ4n) is 3.70. The fraction of sp³-hybridized carbons (Fsp3) is 0.0909. The van der Waals surface area contributed by atoms with Crippen molar-refractivity contribution in [3.05, 3.63) is 71.9 Å². The van der Waals surface area contributed by atoms with Crippen LogP contribution in [0.5, 0.6) is 0 Å². The van der Waals surface area contributed by atoms with Crippen LogP contribution < -0.4 is 0 Å². The quantitative estimate of drug-likeness (QED) is 0.358. The van der Waals surface area contributed by atoms with Gasteiger partial charge in [0.2, 0.25) is 0 Å². The lowest BCUT2D eigenvalue weighted by molar-refractivity contribution is 0.827. The molecule has 0 unspecified atom stereocenters. The molecule has 5 aromatic rings. The first-order valence-corrected chi connectivity index (χ1v) is 9.07. The molecule has 2 aromatic heterocycles. The Labute approximate surface area is 155 Å². The number of rotatable bonds is 2. The van der Waals surface area contributed by atoms with Crippen LogP contribution in [0.3, 0.4) is 0 Å². The smallest absolute Gasteiger partial charge is 0.161 e. The minimum atomic E-state index is 0.488. The average Bonchev–Trinajstić information content (AvgIpc) is 3.01. The first-order valence-electron chi connectivity index (χ1n) is 8.70. The van der Waals surface area contributed by atoms with E-state index in [4.69, 9.17) is 16.6 Å². The molecule has 0 aliphatic carbocycles. The molecule has 126 valence electrons. The molecule has 0 atom stereocenters. The number of fused-ring (bicyclic) bond motifs is 4. The van der Waals surface area contributed by atoms with Crippen molar-refractivity contribution in [3.8, 4) is 11.4 Å². The SMILES string of the molecule is CCn1c2ccccc2c2cc(-c3nc(Cl)c4ccccc4n3)ccc21. The standard InChI is InChI=1S/C22H16ClN3/c1-2-26-19-10-6-4-7-15(19)17-13-14(11-12-20(17)26)22-24-18-9-5-3-8-16(18)21(23)25-22/h3-13H,2H2,1H3. The molecule has 3 nitrogen and oxygen atoms in total. The maximum Gasteiger partial charge on any atom is 0.161 e. The van der Waals surface area contributed by atoms with E-state index in [1.165, 1.54) is 21.8 Å². The highest BCUT2D eigenvalue weighted by Crippen LogP contribution is 2.32. The van der Waals surface area contributed by atoms with Gasteiger partial charge in [-0.05, 0) is 43.3 Å². The van der Waals surface area contributed by atoms with Crippen LogP contribution in [-0.4, -0.2) is 14.5 Å². The van der Waals surface area contributed by atoms with Crippen LogP contribution in [-0.2, 0) is 6.54 Å². The Morgan fingerprint density at radius 1 is 0.808 bits per heavy atom. The van der Waals surface area contributed by atoms with E-state index < -0.39 is 0 Å². The Kier molecular flexibility index (Phi) is 3.44. The Hall–Kier alpha value is -2.91. The number of hydrogen-bond acceptors (Lipinski definition) is 2. The van der Waals surface area contributed by atoms with Gasteiger partial charge in [0.25, 0.3) is 0 Å². The van der Waals surface area contributed by atoms with Crippen LogP contribution in [0.2, 0.25) is 5.15 Å². The van der Waals surface area contributed by atoms with Crippen LogP contribution in [0.4, 0.5) is 0 Å². The lowest BCUT2D eigenvalue weighted by atomic mass is 10.1. The largest absolute Gasteiger partial charge is 0.341 e. The first kappa shape index (κ1) is 15.4. The summed E-state index contributed by atoms with van der Waals surface area (Å²) in [5, 5.41) is 3.83. The number of para-hydroxylation sites is 2. The number of aryl methyl sites for hydroxylation is 1. The molecule has 0 aliphatic heterocycles. The topological polar surface area (TPSA) is 30.7 Å². The van der Waals surface area contributed by atoms with E-state index in [-0.39, 0.29) is 0 Å². The van der Waals surface area contributed by atoms with E-state index in [0.717, 1.165) is 23.0 Å². The molecule has 0 saturated heterocycles. The molecule has 0 saturated carbocycles. The summed E-state index contributed by atoms with van der Waals surface area (Å²) < 4.78 is 2.34. The highest BCUT2D eigenvalue weighted by atomic mass is 35.5. The van der Waals surface area contributed by atoms with Crippen LogP contribution in [0.1, 0.15) is 6.92 Å². The summed E-state index contributed by atoms with van der Waals surface area (Å²) in [6.45, 7) is 3.10. The zero-order valence-corrected chi connectivity index (χ0v) is 15.0. The molecular formula is C22H16ClN3. The second-order valence-electron chi connectivity index (χ2n) is 6.35. The molecule has 0 radical (unpaired) electrons. The van der Waals surface area contributed by atoms with Crippen molar-refractivity contribution in [1.29, 1.82) is 0 Å². The number of halogens is 1. The molecule has 0 N–H and O–H groups in total. The molecule has 2 heterocycles. The van der Waals surface area contributed by atoms with Gasteiger partial charge in [-0.2, -0.15) is 0 Å². The van der Waals surface area contributed by atoms with Gasteiger partial charge in [-0.15, -0.1) is 0 Å². The molecule has 0 fully saturated rings. The first-order chi connectivity index (χ1) is 12.8. The number of nitrogens with zero attached hydrogens (tertiary/aromatic N) is 3. The van der Waals surface area contributed by atoms with Gasteiger partial charge in [0.05, 0.1) is 5.52 Å². The highest BCUT2D eigenvalue weighted by Gasteiger charge is 2.12. The van der Waals surface area contributed by atoms with Gasteiger partial charge in [-0.1, -0.05) is 41.9 Å². The van der Waals surface area contributed by atoms with Crippen LogP contribution in [0.25, 0.3) is 44.1 Å². The van der Waals surface area contributed by atoms with E-state index in [1.807, 2.05) is 24.3 Å². The lowest BCUT2D eigenvalue weighted by Gasteiger charge is -2.06. The summed E-state index contributed by atoms with van der Waals surface area (Å²) in [4.78, 5) is 9.25. The van der Waals surface area contributed by atoms with Gasteiger partial charge in [0.1, 0.15) is 5.15 Å². The number of hydrogen-bond donors (Lipinski definition) is 0. The van der Waals surface area contributed by atoms with Crippen LogP contribution >= 0.6 is 11.6 Å². The minimum absolute atomic E-state index is 0.488. The second kappa shape index (κ2) is 5.82. The molecule has 4 heteroatoms. The predicted molar refractivity (Wildman–Crippen MR) is 109 cm³/mol. The third kappa shape index (κ3) is 2.21. The summed E-state index contributed by atoms with van der Waals surface area (Å²) >= 11 is 6.40. The molecule has 26 heavy (non-hydrogen) atoms. The molecule has 0 aliphatic rings. The Bertz CT molecular complexity index is 1290. The zero-order valence-electron chi connectivity index (χ0n) is 14.3. The van der Waals surface area contributed by atoms with Crippen molar-refractivity contribution in [2.24, 2.45) is 0 Å². The normalized spacial score (nSPS) is 11.6. The van der Waals surface area contributed by atoms with Crippen molar-refractivity contribution in [2.75, 3.05) is 0 Å². The van der Waals surface area contributed by atoms with Gasteiger partial charge in [-0.3, -0.25) is 0 Å². The zero-order chi connectivity index (χ0) is 17.7. The van der Waals surface area contributed by atoms with Crippen molar-refractivity contribution in [2.45, 2.75) is 13.5 Å². The van der Waals surface area contributed by atoms with Crippen LogP contribution in [0.15, 0.2) is 66.7 Å². The van der Waals surface area contributed by atoms with E-state index in [1.54, 1.807) is 0 Å². The summed E-state index contributed by atoms with van der Waals surface area (Å²) in [7, 11) is 0. The third-order valence-corrected chi connectivity index (χ3v) is 5.19. The van der Waals surface area contributed by atoms with Gasteiger partial charge < -0.3 is 4.57 Å². The minimum Gasteiger partial charge on any atom is -0.341 e. The fourth-order valence-corrected chi connectivity index (χ4v) is 3.94. The van der Waals surface area contributed by atoms with E-state index in [0.29, 0.717) is 11.0 Å². The maximum atomic E-state index is 6.40. The average molecular weight is 358 g/mol. The molecule has 0 spiro atoms. The van der Waals surface area contributed by atoms with Gasteiger partial charge >= 0.3 is 0 Å². The van der Waals surface area contributed by atoms with E-state index in [9.17, 15) is 0 Å². The summed E-state index contributed by atoms with van der Waals surface area (Å²) in [6.07, 6.45) is 0. The van der Waals surface area contributed by atoms with Gasteiger partial charge in [0.15, 0.2) is 5.82 Å². The van der Waals surface area contributed by atoms with E-state index in [2.05, 4.69) is 58.9 Å². The molecule has 5 rings (SSSR count). The maximum absolute atomic E-state index is 6.40. The summed E-state index contributed by atoms with van der Waals surface area (Å²) in [5.41, 5.74) is 4.31. The van der Waals surface area contributed by atoms with Gasteiger partial charge in [-0.25, -0.2) is 9.97 Å². The predicted octanol–water partition coefficient (Wildman–Crippen LogP) is 6.08. The summed E-state index contributed by atoms with van der Waals surface area (Å²) in [6, 6.07) is 22.7. The summed E-state index contributed by atoms with van der Waals surface area (Å²) in [5.74, 6) is 0.656. The van der Waals surface area contributed by atoms with E-state index >= 15 is 0 Å². The Morgan fingerprint density at radius 3 is 2.38 bits per heavy atom. The van der Waals surface area contributed by atoms with Gasteiger partial charge in [0, 0.05) is 39.3 Å². The van der Waals surface area contributed by atoms with Crippen molar-refractivity contribution >= 4 is 44.3 Å². The lowest BCUT2D eigenvalue weighted by Crippen LogP contribution is -1.94. The Morgan fingerprint density at radius 2 is 1.54 bits per heavy atom. The molecular weight excluding hydrogens is 342 g/mol. The third-order valence-electron chi connectivity index (χ3n) is 4.90. The highest BCUT2D eigenvalue weighted by molar-refractivity contribution is 6.34. The van der Waals surface area contributed by atoms with Crippen molar-refractivity contribution in [3.63, 3.8) is 0 Å².